The fraction of sp³-hybridized carbons (Fsp3) is 0.400. The summed E-state index contributed by atoms with van der Waals surface area (Å²) in [5, 5.41) is 41.9. The molecular formula is C25H28O7. The summed E-state index contributed by atoms with van der Waals surface area (Å²) in [5.41, 5.74) is 0.870. The van der Waals surface area contributed by atoms with Crippen LogP contribution in [0.5, 0.6) is 23.0 Å². The van der Waals surface area contributed by atoms with Gasteiger partial charge in [0.2, 0.25) is 5.78 Å². The van der Waals surface area contributed by atoms with Crippen molar-refractivity contribution in [2.75, 3.05) is 0 Å². The van der Waals surface area contributed by atoms with Crippen LogP contribution >= 0.6 is 0 Å². The number of hydrogen-bond acceptors (Lipinski definition) is 7. The van der Waals surface area contributed by atoms with Gasteiger partial charge in [0.15, 0.2) is 12.2 Å². The molecule has 2 heterocycles. The lowest BCUT2D eigenvalue weighted by atomic mass is 9.88. The molecule has 32 heavy (non-hydrogen) atoms. The Hall–Kier alpha value is -3.03. The molecule has 4 N–H and O–H groups in total. The van der Waals surface area contributed by atoms with Crippen LogP contribution in [-0.4, -0.2) is 44.0 Å². The van der Waals surface area contributed by atoms with Gasteiger partial charge in [0.1, 0.15) is 34.7 Å². The minimum absolute atomic E-state index is 0.0531. The van der Waals surface area contributed by atoms with Gasteiger partial charge in [-0.15, -0.1) is 0 Å². The SMILES string of the molecule is CC(C)=CCCC(C)(O)C1Cc2c(cc3c(c2O)C(=O)C(O)C(c2ccc(O)cc2)O3)O1. The lowest BCUT2D eigenvalue weighted by Gasteiger charge is -2.30. The Balaban J connectivity index is 1.62. The highest BCUT2D eigenvalue weighted by Gasteiger charge is 2.44. The number of Topliss-reactive ketones (excluding diaryl/α,β-unsaturated/α-hetero) is 1. The van der Waals surface area contributed by atoms with Gasteiger partial charge in [-0.05, 0) is 51.3 Å². The van der Waals surface area contributed by atoms with Crippen LogP contribution in [0.1, 0.15) is 61.2 Å². The molecule has 0 bridgehead atoms. The van der Waals surface area contributed by atoms with Gasteiger partial charge in [-0.25, -0.2) is 0 Å². The van der Waals surface area contributed by atoms with Crippen molar-refractivity contribution in [3.63, 3.8) is 0 Å². The van der Waals surface area contributed by atoms with Crippen molar-refractivity contribution in [3.8, 4) is 23.0 Å². The molecule has 170 valence electrons. The number of allylic oxidation sites excluding steroid dienone is 2. The Kier molecular flexibility index (Phi) is 5.65. The summed E-state index contributed by atoms with van der Waals surface area (Å²) in [5.74, 6) is -0.420. The number of phenols is 2. The summed E-state index contributed by atoms with van der Waals surface area (Å²) in [6.45, 7) is 5.69. The largest absolute Gasteiger partial charge is 0.508 e. The molecular weight excluding hydrogens is 412 g/mol. The van der Waals surface area contributed by atoms with E-state index in [0.29, 0.717) is 29.7 Å². The van der Waals surface area contributed by atoms with Crippen molar-refractivity contribution in [2.24, 2.45) is 0 Å². The van der Waals surface area contributed by atoms with E-state index in [4.69, 9.17) is 9.47 Å². The molecule has 4 atom stereocenters. The number of carbonyl (C=O) groups excluding carboxylic acids is 1. The van der Waals surface area contributed by atoms with E-state index in [0.717, 1.165) is 0 Å². The maximum absolute atomic E-state index is 12.9. The van der Waals surface area contributed by atoms with Gasteiger partial charge in [0.25, 0.3) is 0 Å². The normalized spacial score (nSPS) is 23.4. The molecule has 2 aromatic rings. The molecule has 4 unspecified atom stereocenters. The Morgan fingerprint density at radius 2 is 1.84 bits per heavy atom. The molecule has 7 heteroatoms. The van der Waals surface area contributed by atoms with Gasteiger partial charge < -0.3 is 29.9 Å². The molecule has 0 aliphatic carbocycles. The molecule has 0 saturated heterocycles. The Morgan fingerprint density at radius 3 is 2.50 bits per heavy atom. The smallest absolute Gasteiger partial charge is 0.202 e. The average molecular weight is 440 g/mol. The number of ketones is 1. The number of rotatable bonds is 5. The van der Waals surface area contributed by atoms with Crippen LogP contribution in [0.2, 0.25) is 0 Å². The molecule has 0 spiro atoms. The Bertz CT molecular complexity index is 1060. The minimum atomic E-state index is -1.51. The first-order valence-electron chi connectivity index (χ1n) is 10.7. The van der Waals surface area contributed by atoms with Crippen molar-refractivity contribution in [1.82, 2.24) is 0 Å². The van der Waals surface area contributed by atoms with Crippen LogP contribution in [0.3, 0.4) is 0 Å². The molecule has 7 nitrogen and oxygen atoms in total. The molecule has 2 aromatic carbocycles. The number of carbonyl (C=O) groups is 1. The van der Waals surface area contributed by atoms with E-state index in [1.807, 2.05) is 19.9 Å². The average Bonchev–Trinajstić information content (AvgIpc) is 3.16. The van der Waals surface area contributed by atoms with Crippen molar-refractivity contribution in [2.45, 2.75) is 63.9 Å². The lowest BCUT2D eigenvalue weighted by Crippen LogP contribution is -2.42. The monoisotopic (exact) mass is 440 g/mol. The number of aliphatic hydroxyl groups excluding tert-OH is 1. The molecule has 0 amide bonds. The van der Waals surface area contributed by atoms with E-state index in [1.165, 1.54) is 23.8 Å². The van der Waals surface area contributed by atoms with Crippen LogP contribution < -0.4 is 9.47 Å². The van der Waals surface area contributed by atoms with Crippen LogP contribution in [0.15, 0.2) is 42.0 Å². The summed E-state index contributed by atoms with van der Waals surface area (Å²) in [6.07, 6.45) is 0.361. The fourth-order valence-electron chi connectivity index (χ4n) is 4.24. The third-order valence-electron chi connectivity index (χ3n) is 6.16. The molecule has 2 aliphatic heterocycles. The third-order valence-corrected chi connectivity index (χ3v) is 6.16. The van der Waals surface area contributed by atoms with Crippen molar-refractivity contribution >= 4 is 5.78 Å². The van der Waals surface area contributed by atoms with E-state index in [1.54, 1.807) is 19.1 Å². The van der Waals surface area contributed by atoms with Gasteiger partial charge in [0, 0.05) is 18.1 Å². The molecule has 0 aromatic heterocycles. The highest BCUT2D eigenvalue weighted by Crippen LogP contribution is 2.49. The predicted octanol–water partition coefficient (Wildman–Crippen LogP) is 3.58. The zero-order chi connectivity index (χ0) is 23.2. The second-order valence-corrected chi connectivity index (χ2v) is 9.00. The number of hydrogen-bond donors (Lipinski definition) is 4. The summed E-state index contributed by atoms with van der Waals surface area (Å²) in [4.78, 5) is 12.9. The third kappa shape index (κ3) is 3.94. The number of phenolic OH excluding ortho intramolecular Hbond substituents is 2. The van der Waals surface area contributed by atoms with Crippen LogP contribution in [0, 0.1) is 0 Å². The van der Waals surface area contributed by atoms with Crippen molar-refractivity contribution < 1.29 is 34.7 Å². The highest BCUT2D eigenvalue weighted by atomic mass is 16.5. The fourth-order valence-corrected chi connectivity index (χ4v) is 4.24. The maximum Gasteiger partial charge on any atom is 0.202 e. The van der Waals surface area contributed by atoms with Crippen molar-refractivity contribution in [1.29, 1.82) is 0 Å². The standard InChI is InChI=1S/C25H28O7/c1-13(2)5-4-10-25(3,30)19-11-16-17(31-19)12-18-20(21(16)27)22(28)23(29)24(32-18)14-6-8-15(26)9-7-14/h5-9,12,19,23-24,26-27,29-30H,4,10-11H2,1-3H3. The number of ether oxygens (including phenoxy) is 2. The zero-order valence-electron chi connectivity index (χ0n) is 18.3. The lowest BCUT2D eigenvalue weighted by molar-refractivity contribution is -0.0434. The quantitative estimate of drug-likeness (QED) is 0.525. The minimum Gasteiger partial charge on any atom is -0.508 e. The highest BCUT2D eigenvalue weighted by molar-refractivity contribution is 6.06. The number of fused-ring (bicyclic) bond motifs is 2. The summed E-state index contributed by atoms with van der Waals surface area (Å²) in [7, 11) is 0. The first-order valence-corrected chi connectivity index (χ1v) is 10.7. The van der Waals surface area contributed by atoms with E-state index in [2.05, 4.69) is 0 Å². The van der Waals surface area contributed by atoms with Gasteiger partial charge >= 0.3 is 0 Å². The number of aromatic hydroxyl groups is 2. The van der Waals surface area contributed by atoms with E-state index >= 15 is 0 Å². The number of benzene rings is 2. The summed E-state index contributed by atoms with van der Waals surface area (Å²) in [6, 6.07) is 7.54. The topological polar surface area (TPSA) is 116 Å². The van der Waals surface area contributed by atoms with Crippen LogP contribution in [0.25, 0.3) is 0 Å². The Morgan fingerprint density at radius 1 is 1.16 bits per heavy atom. The maximum atomic E-state index is 12.9. The first-order chi connectivity index (χ1) is 15.1. The van der Waals surface area contributed by atoms with Gasteiger partial charge in [-0.2, -0.15) is 0 Å². The zero-order valence-corrected chi connectivity index (χ0v) is 18.3. The molecule has 0 radical (unpaired) electrons. The molecule has 0 fully saturated rings. The first kappa shape index (κ1) is 22.2. The van der Waals surface area contributed by atoms with Gasteiger partial charge in [-0.1, -0.05) is 23.8 Å². The molecule has 4 rings (SSSR count). The summed E-state index contributed by atoms with van der Waals surface area (Å²) < 4.78 is 11.9. The van der Waals surface area contributed by atoms with Gasteiger partial charge in [0.05, 0.1) is 5.60 Å². The van der Waals surface area contributed by atoms with Gasteiger partial charge in [-0.3, -0.25) is 4.79 Å². The second-order valence-electron chi connectivity index (χ2n) is 9.00. The van der Waals surface area contributed by atoms with E-state index in [9.17, 15) is 25.2 Å². The predicted molar refractivity (Wildman–Crippen MR) is 117 cm³/mol. The van der Waals surface area contributed by atoms with E-state index in [-0.39, 0.29) is 29.2 Å². The van der Waals surface area contributed by atoms with Crippen molar-refractivity contribution in [3.05, 3.63) is 58.7 Å². The summed E-state index contributed by atoms with van der Waals surface area (Å²) >= 11 is 0. The van der Waals surface area contributed by atoms with Crippen LogP contribution in [-0.2, 0) is 6.42 Å². The molecule has 0 saturated carbocycles. The van der Waals surface area contributed by atoms with Crippen LogP contribution in [0.4, 0.5) is 0 Å². The molecule has 2 aliphatic rings. The Labute approximate surface area is 186 Å². The van der Waals surface area contributed by atoms with E-state index < -0.39 is 29.7 Å². The second kappa shape index (κ2) is 8.15. The number of aliphatic hydroxyl groups is 2.